The zero-order valence-electron chi connectivity index (χ0n) is 15.9. The Morgan fingerprint density at radius 1 is 1.25 bits per heavy atom. The standard InChI is InChI=1S/C20H26F3N5/c1-24-19(27-17-9-5-8-16(12-17)20(21,22)23)26-13-18-25-10-11-28(18)14-15-6-3-2-4-7-15/h2-4,6-7,10-11,16-17H,5,8-9,12-14H2,1H3,(H2,24,26,27). The van der Waals surface area contributed by atoms with Crippen LogP contribution in [-0.4, -0.2) is 34.8 Å². The maximum absolute atomic E-state index is 13.0. The minimum atomic E-state index is -4.13. The molecule has 2 aromatic rings. The first-order valence-corrected chi connectivity index (χ1v) is 9.53. The van der Waals surface area contributed by atoms with E-state index in [1.807, 2.05) is 29.0 Å². The summed E-state index contributed by atoms with van der Waals surface area (Å²) < 4.78 is 41.1. The van der Waals surface area contributed by atoms with Crippen molar-refractivity contribution in [3.63, 3.8) is 0 Å². The highest BCUT2D eigenvalue weighted by Gasteiger charge is 2.42. The molecule has 2 N–H and O–H groups in total. The van der Waals surface area contributed by atoms with Crippen LogP contribution in [0.5, 0.6) is 0 Å². The molecule has 1 saturated carbocycles. The molecular formula is C20H26F3N5. The monoisotopic (exact) mass is 393 g/mol. The van der Waals surface area contributed by atoms with Gasteiger partial charge in [0.05, 0.1) is 12.5 Å². The molecule has 0 radical (unpaired) electrons. The zero-order chi connectivity index (χ0) is 20.0. The number of rotatable bonds is 5. The summed E-state index contributed by atoms with van der Waals surface area (Å²) in [5, 5.41) is 6.31. The molecular weight excluding hydrogens is 367 g/mol. The van der Waals surface area contributed by atoms with Gasteiger partial charge in [0.1, 0.15) is 5.82 Å². The number of hydrogen-bond donors (Lipinski definition) is 2. The molecule has 28 heavy (non-hydrogen) atoms. The van der Waals surface area contributed by atoms with Crippen LogP contribution >= 0.6 is 0 Å². The number of aromatic nitrogens is 2. The fourth-order valence-corrected chi connectivity index (χ4v) is 3.60. The van der Waals surface area contributed by atoms with Crippen LogP contribution in [0.2, 0.25) is 0 Å². The summed E-state index contributed by atoms with van der Waals surface area (Å²) in [5.41, 5.74) is 1.17. The van der Waals surface area contributed by atoms with Crippen LogP contribution in [0.4, 0.5) is 13.2 Å². The van der Waals surface area contributed by atoms with Crippen LogP contribution in [0.1, 0.15) is 37.1 Å². The molecule has 1 fully saturated rings. The van der Waals surface area contributed by atoms with E-state index in [4.69, 9.17) is 0 Å². The van der Waals surface area contributed by atoms with Crippen molar-refractivity contribution in [2.45, 2.75) is 51.0 Å². The SMILES string of the molecule is CN=C(NCc1nccn1Cc1ccccc1)NC1CCCC(C(F)(F)F)C1. The van der Waals surface area contributed by atoms with Crippen molar-refractivity contribution in [3.8, 4) is 0 Å². The van der Waals surface area contributed by atoms with E-state index in [1.165, 1.54) is 5.56 Å². The summed E-state index contributed by atoms with van der Waals surface area (Å²) >= 11 is 0. The molecule has 1 aromatic heterocycles. The lowest BCUT2D eigenvalue weighted by Gasteiger charge is -2.31. The molecule has 2 atom stereocenters. The topological polar surface area (TPSA) is 54.2 Å². The highest BCUT2D eigenvalue weighted by Crippen LogP contribution is 2.37. The van der Waals surface area contributed by atoms with Crippen molar-refractivity contribution in [2.24, 2.45) is 10.9 Å². The Kier molecular flexibility index (Phi) is 6.59. The molecule has 0 saturated heterocycles. The Labute approximate surface area is 163 Å². The summed E-state index contributed by atoms with van der Waals surface area (Å²) in [6.45, 7) is 1.15. The fraction of sp³-hybridized carbons (Fsp3) is 0.500. The molecule has 1 heterocycles. The van der Waals surface area contributed by atoms with Crippen LogP contribution in [0.25, 0.3) is 0 Å². The van der Waals surface area contributed by atoms with Gasteiger partial charge in [-0.25, -0.2) is 4.98 Å². The average Bonchev–Trinajstić information content (AvgIpc) is 3.12. The van der Waals surface area contributed by atoms with Crippen molar-refractivity contribution in [1.29, 1.82) is 0 Å². The smallest absolute Gasteiger partial charge is 0.354 e. The quantitative estimate of drug-likeness (QED) is 0.601. The normalized spacial score (nSPS) is 20.8. The second-order valence-electron chi connectivity index (χ2n) is 7.13. The lowest BCUT2D eigenvalue weighted by Crippen LogP contribution is -2.46. The van der Waals surface area contributed by atoms with Gasteiger partial charge >= 0.3 is 6.18 Å². The Bertz CT molecular complexity index is 770. The van der Waals surface area contributed by atoms with Crippen molar-refractivity contribution in [3.05, 3.63) is 54.1 Å². The Balaban J connectivity index is 1.54. The van der Waals surface area contributed by atoms with Crippen molar-refractivity contribution >= 4 is 5.96 Å². The summed E-state index contributed by atoms with van der Waals surface area (Å²) in [6.07, 6.45) is 1.12. The number of guanidine groups is 1. The summed E-state index contributed by atoms with van der Waals surface area (Å²) in [4.78, 5) is 8.54. The van der Waals surface area contributed by atoms with Crippen LogP contribution in [-0.2, 0) is 13.1 Å². The van der Waals surface area contributed by atoms with Gasteiger partial charge < -0.3 is 15.2 Å². The van der Waals surface area contributed by atoms with Gasteiger partial charge in [-0.2, -0.15) is 13.2 Å². The molecule has 1 aromatic carbocycles. The highest BCUT2D eigenvalue weighted by atomic mass is 19.4. The molecule has 2 unspecified atom stereocenters. The third kappa shape index (κ3) is 5.50. The number of aliphatic imine (C=N–C) groups is 1. The van der Waals surface area contributed by atoms with Crippen LogP contribution in [0.3, 0.4) is 0 Å². The number of imidazole rings is 1. The molecule has 0 aliphatic heterocycles. The number of nitrogens with zero attached hydrogens (tertiary/aromatic N) is 3. The first kappa shape index (κ1) is 20.2. The lowest BCUT2D eigenvalue weighted by molar-refractivity contribution is -0.183. The van der Waals surface area contributed by atoms with E-state index in [9.17, 15) is 13.2 Å². The van der Waals surface area contributed by atoms with E-state index in [1.54, 1.807) is 13.2 Å². The largest absolute Gasteiger partial charge is 0.391 e. The van der Waals surface area contributed by atoms with E-state index >= 15 is 0 Å². The van der Waals surface area contributed by atoms with Gasteiger partial charge in [0.25, 0.3) is 0 Å². The van der Waals surface area contributed by atoms with Crippen molar-refractivity contribution in [1.82, 2.24) is 20.2 Å². The summed E-state index contributed by atoms with van der Waals surface area (Å²) in [7, 11) is 1.62. The molecule has 0 spiro atoms. The third-order valence-electron chi connectivity index (χ3n) is 5.11. The molecule has 8 heteroatoms. The molecule has 1 aliphatic rings. The second-order valence-corrected chi connectivity index (χ2v) is 7.13. The van der Waals surface area contributed by atoms with Crippen LogP contribution < -0.4 is 10.6 Å². The van der Waals surface area contributed by atoms with Crippen LogP contribution in [0, 0.1) is 5.92 Å². The number of nitrogens with one attached hydrogen (secondary N) is 2. The van der Waals surface area contributed by atoms with Gasteiger partial charge in [-0.15, -0.1) is 0 Å². The van der Waals surface area contributed by atoms with E-state index in [-0.39, 0.29) is 18.9 Å². The fourth-order valence-electron chi connectivity index (χ4n) is 3.60. The number of alkyl halides is 3. The maximum atomic E-state index is 13.0. The molecule has 5 nitrogen and oxygen atoms in total. The third-order valence-corrected chi connectivity index (χ3v) is 5.11. The minimum absolute atomic E-state index is 0.0901. The van der Waals surface area contributed by atoms with Gasteiger partial charge in [0, 0.05) is 32.0 Å². The van der Waals surface area contributed by atoms with Crippen LogP contribution in [0.15, 0.2) is 47.7 Å². The molecule has 1 aliphatic carbocycles. The molecule has 0 amide bonds. The summed E-state index contributed by atoms with van der Waals surface area (Å²) in [6, 6.07) is 9.85. The number of benzene rings is 1. The van der Waals surface area contributed by atoms with E-state index in [0.29, 0.717) is 25.5 Å². The van der Waals surface area contributed by atoms with Gasteiger partial charge in [0.2, 0.25) is 0 Å². The molecule has 0 bridgehead atoms. The number of halogens is 3. The minimum Gasteiger partial charge on any atom is -0.354 e. The van der Waals surface area contributed by atoms with Gasteiger partial charge in [-0.05, 0) is 24.8 Å². The first-order chi connectivity index (χ1) is 13.5. The molecule has 3 rings (SSSR count). The average molecular weight is 393 g/mol. The predicted octanol–water partition coefficient (Wildman–Crippen LogP) is 3.72. The predicted molar refractivity (Wildman–Crippen MR) is 103 cm³/mol. The van der Waals surface area contributed by atoms with E-state index < -0.39 is 12.1 Å². The Morgan fingerprint density at radius 2 is 2.04 bits per heavy atom. The van der Waals surface area contributed by atoms with Gasteiger partial charge in [0.15, 0.2) is 5.96 Å². The Morgan fingerprint density at radius 3 is 2.75 bits per heavy atom. The van der Waals surface area contributed by atoms with Crippen molar-refractivity contribution in [2.75, 3.05) is 7.05 Å². The van der Waals surface area contributed by atoms with Crippen molar-refractivity contribution < 1.29 is 13.2 Å². The maximum Gasteiger partial charge on any atom is 0.391 e. The highest BCUT2D eigenvalue weighted by molar-refractivity contribution is 5.79. The van der Waals surface area contributed by atoms with Gasteiger partial charge in [-0.3, -0.25) is 4.99 Å². The van der Waals surface area contributed by atoms with Gasteiger partial charge in [-0.1, -0.05) is 36.8 Å². The lowest BCUT2D eigenvalue weighted by atomic mass is 9.85. The molecule has 152 valence electrons. The Hall–Kier alpha value is -2.51. The summed E-state index contributed by atoms with van der Waals surface area (Å²) in [5.74, 6) is 0.104. The van der Waals surface area contributed by atoms with E-state index in [2.05, 4.69) is 32.7 Å². The zero-order valence-corrected chi connectivity index (χ0v) is 15.9. The first-order valence-electron chi connectivity index (χ1n) is 9.53. The van der Waals surface area contributed by atoms with E-state index in [0.717, 1.165) is 12.2 Å². The second kappa shape index (κ2) is 9.12. The number of hydrogen-bond acceptors (Lipinski definition) is 2.